The first-order valence-electron chi connectivity index (χ1n) is 5.48. The summed E-state index contributed by atoms with van der Waals surface area (Å²) < 4.78 is 28.0. The molecule has 0 spiro atoms. The average Bonchev–Trinajstić information content (AvgIpc) is 2.15. The lowest BCUT2D eigenvalue weighted by Gasteiger charge is -2.25. The molecule has 0 heterocycles. The van der Waals surface area contributed by atoms with Gasteiger partial charge in [0, 0.05) is 6.26 Å². The molecule has 0 unspecified atom stereocenters. The molecule has 0 aliphatic heterocycles. The molecule has 0 radical (unpaired) electrons. The predicted octanol–water partition coefficient (Wildman–Crippen LogP) is 2.27. The Labute approximate surface area is 96.4 Å². The van der Waals surface area contributed by atoms with E-state index in [1.165, 1.54) is 25.5 Å². The summed E-state index contributed by atoms with van der Waals surface area (Å²) >= 11 is 0. The van der Waals surface area contributed by atoms with Gasteiger partial charge in [-0.1, -0.05) is 6.42 Å². The fourth-order valence-electron chi connectivity index (χ4n) is 1.66. The molecule has 0 N–H and O–H groups in total. The van der Waals surface area contributed by atoms with Gasteiger partial charge in [0.15, 0.2) is 9.84 Å². The van der Waals surface area contributed by atoms with Crippen LogP contribution in [0.25, 0.3) is 0 Å². The summed E-state index contributed by atoms with van der Waals surface area (Å²) in [4.78, 5) is 0.337. The van der Waals surface area contributed by atoms with Gasteiger partial charge in [0.1, 0.15) is 5.75 Å². The molecule has 16 heavy (non-hydrogen) atoms. The van der Waals surface area contributed by atoms with Crippen LogP contribution in [0.5, 0.6) is 5.75 Å². The lowest BCUT2D eigenvalue weighted by Crippen LogP contribution is -2.19. The largest absolute Gasteiger partial charge is 0.493 e. The Kier molecular flexibility index (Phi) is 3.19. The van der Waals surface area contributed by atoms with Gasteiger partial charge in [-0.15, -0.1) is 0 Å². The maximum absolute atomic E-state index is 11.2. The molecule has 1 saturated carbocycles. The molecule has 4 heteroatoms. The minimum Gasteiger partial charge on any atom is -0.493 e. The Balaban J connectivity index is 1.96. The Morgan fingerprint density at radius 3 is 2.31 bits per heavy atom. The second-order valence-corrected chi connectivity index (χ2v) is 6.37. The van der Waals surface area contributed by atoms with Crippen LogP contribution in [0.15, 0.2) is 29.2 Å². The van der Waals surface area contributed by atoms with Crippen LogP contribution >= 0.6 is 0 Å². The molecular formula is C12H16O3S. The van der Waals surface area contributed by atoms with Crippen molar-refractivity contribution in [2.75, 3.05) is 12.9 Å². The highest BCUT2D eigenvalue weighted by Gasteiger charge is 2.17. The number of hydrogen-bond acceptors (Lipinski definition) is 3. The molecule has 1 aromatic rings. The second-order valence-electron chi connectivity index (χ2n) is 4.35. The van der Waals surface area contributed by atoms with Crippen LogP contribution < -0.4 is 4.74 Å². The summed E-state index contributed by atoms with van der Waals surface area (Å²) in [5.41, 5.74) is 0. The minimum absolute atomic E-state index is 0.337. The number of rotatable bonds is 4. The number of benzene rings is 1. The minimum atomic E-state index is -3.10. The molecule has 1 fully saturated rings. The molecule has 3 nitrogen and oxygen atoms in total. The van der Waals surface area contributed by atoms with Crippen LogP contribution in [-0.4, -0.2) is 21.3 Å². The summed E-state index contributed by atoms with van der Waals surface area (Å²) in [6.07, 6.45) is 5.01. The zero-order valence-corrected chi connectivity index (χ0v) is 10.2. The van der Waals surface area contributed by atoms with Crippen LogP contribution in [0.3, 0.4) is 0 Å². The fourth-order valence-corrected chi connectivity index (χ4v) is 2.29. The van der Waals surface area contributed by atoms with E-state index in [0.717, 1.165) is 12.4 Å². The first-order chi connectivity index (χ1) is 7.55. The SMILES string of the molecule is CS(=O)(=O)c1ccc(OCC2CCC2)cc1. The quantitative estimate of drug-likeness (QED) is 0.811. The summed E-state index contributed by atoms with van der Waals surface area (Å²) in [6.45, 7) is 0.748. The van der Waals surface area contributed by atoms with Gasteiger partial charge in [-0.25, -0.2) is 8.42 Å². The van der Waals surface area contributed by atoms with E-state index in [1.54, 1.807) is 24.3 Å². The molecule has 0 saturated heterocycles. The van der Waals surface area contributed by atoms with Crippen molar-refractivity contribution in [3.63, 3.8) is 0 Å². The van der Waals surface area contributed by atoms with Crippen LogP contribution in [0.2, 0.25) is 0 Å². The van der Waals surface area contributed by atoms with E-state index < -0.39 is 9.84 Å². The molecule has 1 aromatic carbocycles. The van der Waals surface area contributed by atoms with E-state index in [1.807, 2.05) is 0 Å². The molecule has 1 aliphatic carbocycles. The summed E-state index contributed by atoms with van der Waals surface area (Å²) in [5.74, 6) is 1.44. The van der Waals surface area contributed by atoms with Crippen molar-refractivity contribution in [3.05, 3.63) is 24.3 Å². The Morgan fingerprint density at radius 2 is 1.88 bits per heavy atom. The third-order valence-electron chi connectivity index (χ3n) is 2.96. The zero-order chi connectivity index (χ0) is 11.6. The third kappa shape index (κ3) is 2.76. The van der Waals surface area contributed by atoms with E-state index in [-0.39, 0.29) is 0 Å². The van der Waals surface area contributed by atoms with Crippen molar-refractivity contribution in [1.29, 1.82) is 0 Å². The molecular weight excluding hydrogens is 224 g/mol. The normalized spacial score (nSPS) is 16.8. The van der Waals surface area contributed by atoms with Crippen molar-refractivity contribution in [2.24, 2.45) is 5.92 Å². The standard InChI is InChI=1S/C12H16O3S/c1-16(13,14)12-7-5-11(6-8-12)15-9-10-3-2-4-10/h5-8,10H,2-4,9H2,1H3. The smallest absolute Gasteiger partial charge is 0.175 e. The highest BCUT2D eigenvalue weighted by atomic mass is 32.2. The molecule has 2 rings (SSSR count). The van der Waals surface area contributed by atoms with Crippen LogP contribution in [0, 0.1) is 5.92 Å². The Hall–Kier alpha value is -1.03. The highest BCUT2D eigenvalue weighted by molar-refractivity contribution is 7.90. The van der Waals surface area contributed by atoms with Gasteiger partial charge in [-0.05, 0) is 43.0 Å². The highest BCUT2D eigenvalue weighted by Crippen LogP contribution is 2.27. The maximum Gasteiger partial charge on any atom is 0.175 e. The molecule has 1 aliphatic rings. The lowest BCUT2D eigenvalue weighted by molar-refractivity contribution is 0.180. The monoisotopic (exact) mass is 240 g/mol. The summed E-state index contributed by atoms with van der Waals surface area (Å²) in [7, 11) is -3.10. The third-order valence-corrected chi connectivity index (χ3v) is 4.09. The molecule has 0 aromatic heterocycles. The average molecular weight is 240 g/mol. The van der Waals surface area contributed by atoms with E-state index in [9.17, 15) is 8.42 Å². The topological polar surface area (TPSA) is 43.4 Å². The molecule has 0 amide bonds. The van der Waals surface area contributed by atoms with Crippen molar-refractivity contribution in [1.82, 2.24) is 0 Å². The van der Waals surface area contributed by atoms with Crippen LogP contribution in [0.1, 0.15) is 19.3 Å². The van der Waals surface area contributed by atoms with Crippen molar-refractivity contribution < 1.29 is 13.2 Å². The zero-order valence-electron chi connectivity index (χ0n) is 9.35. The second kappa shape index (κ2) is 4.45. The van der Waals surface area contributed by atoms with Crippen LogP contribution in [0.4, 0.5) is 0 Å². The predicted molar refractivity (Wildman–Crippen MR) is 62.4 cm³/mol. The van der Waals surface area contributed by atoms with Crippen LogP contribution in [-0.2, 0) is 9.84 Å². The van der Waals surface area contributed by atoms with Gasteiger partial charge in [-0.2, -0.15) is 0 Å². The van der Waals surface area contributed by atoms with Gasteiger partial charge < -0.3 is 4.74 Å². The Morgan fingerprint density at radius 1 is 1.25 bits per heavy atom. The van der Waals surface area contributed by atoms with E-state index in [0.29, 0.717) is 10.8 Å². The van der Waals surface area contributed by atoms with Gasteiger partial charge in [0.2, 0.25) is 0 Å². The molecule has 0 bridgehead atoms. The number of sulfone groups is 1. The Bertz CT molecular complexity index is 444. The van der Waals surface area contributed by atoms with Gasteiger partial charge >= 0.3 is 0 Å². The number of hydrogen-bond donors (Lipinski definition) is 0. The van der Waals surface area contributed by atoms with E-state index in [4.69, 9.17) is 4.74 Å². The van der Waals surface area contributed by atoms with Gasteiger partial charge in [-0.3, -0.25) is 0 Å². The van der Waals surface area contributed by atoms with E-state index >= 15 is 0 Å². The summed E-state index contributed by atoms with van der Waals surface area (Å²) in [6, 6.07) is 6.61. The van der Waals surface area contributed by atoms with Gasteiger partial charge in [0.25, 0.3) is 0 Å². The van der Waals surface area contributed by atoms with Crippen molar-refractivity contribution in [3.8, 4) is 5.75 Å². The fraction of sp³-hybridized carbons (Fsp3) is 0.500. The number of ether oxygens (including phenoxy) is 1. The molecule has 88 valence electrons. The van der Waals surface area contributed by atoms with Crippen molar-refractivity contribution in [2.45, 2.75) is 24.2 Å². The lowest BCUT2D eigenvalue weighted by atomic mass is 9.86. The van der Waals surface area contributed by atoms with E-state index in [2.05, 4.69) is 0 Å². The first-order valence-corrected chi connectivity index (χ1v) is 7.38. The molecule has 0 atom stereocenters. The first kappa shape index (κ1) is 11.5. The summed E-state index contributed by atoms with van der Waals surface area (Å²) in [5, 5.41) is 0. The van der Waals surface area contributed by atoms with Crippen molar-refractivity contribution >= 4 is 9.84 Å². The maximum atomic E-state index is 11.2. The van der Waals surface area contributed by atoms with Gasteiger partial charge in [0.05, 0.1) is 11.5 Å².